The van der Waals surface area contributed by atoms with Gasteiger partial charge in [0.15, 0.2) is 0 Å². The highest BCUT2D eigenvalue weighted by Crippen LogP contribution is 2.28. The number of hydrogen-bond acceptors (Lipinski definition) is 1. The van der Waals surface area contributed by atoms with Crippen molar-refractivity contribution in [3.8, 4) is 0 Å². The zero-order chi connectivity index (χ0) is 11.2. The Morgan fingerprint density at radius 3 is 2.47 bits per heavy atom. The second-order valence-electron chi connectivity index (χ2n) is 4.46. The van der Waals surface area contributed by atoms with Gasteiger partial charge in [-0.1, -0.05) is 11.6 Å². The van der Waals surface area contributed by atoms with Gasteiger partial charge in [-0.3, -0.25) is 0 Å². The average Bonchev–Trinajstić information content (AvgIpc) is 2.44. The largest absolute Gasteiger partial charge is 0.357 e. The highest BCUT2D eigenvalue weighted by Gasteiger charge is 2.12. The van der Waals surface area contributed by atoms with Crippen molar-refractivity contribution in [2.24, 2.45) is 5.73 Å². The van der Waals surface area contributed by atoms with E-state index < -0.39 is 0 Å². The summed E-state index contributed by atoms with van der Waals surface area (Å²) in [6.45, 7) is 8.41. The van der Waals surface area contributed by atoms with Crippen molar-refractivity contribution in [2.75, 3.05) is 0 Å². The molecule has 0 saturated heterocycles. The van der Waals surface area contributed by atoms with E-state index in [4.69, 9.17) is 5.73 Å². The molecule has 1 heterocycles. The topological polar surface area (TPSA) is 41.8 Å². The molecular weight excluding hydrogens is 184 g/mol. The van der Waals surface area contributed by atoms with Gasteiger partial charge in [0.25, 0.3) is 0 Å². The Morgan fingerprint density at radius 1 is 1.20 bits per heavy atom. The van der Waals surface area contributed by atoms with Crippen LogP contribution in [0.2, 0.25) is 0 Å². The van der Waals surface area contributed by atoms with E-state index in [1.54, 1.807) is 0 Å². The van der Waals surface area contributed by atoms with Gasteiger partial charge in [-0.2, -0.15) is 0 Å². The van der Waals surface area contributed by atoms with E-state index in [9.17, 15) is 0 Å². The number of nitrogens with one attached hydrogen (secondary N) is 1. The van der Waals surface area contributed by atoms with Crippen LogP contribution in [0.5, 0.6) is 0 Å². The molecule has 2 nitrogen and oxygen atoms in total. The Kier molecular flexibility index (Phi) is 2.31. The van der Waals surface area contributed by atoms with Gasteiger partial charge in [-0.05, 0) is 44.9 Å². The molecule has 0 spiro atoms. The summed E-state index contributed by atoms with van der Waals surface area (Å²) in [7, 11) is 0. The second kappa shape index (κ2) is 3.38. The van der Waals surface area contributed by atoms with Crippen molar-refractivity contribution in [3.05, 3.63) is 34.5 Å². The minimum absolute atomic E-state index is 0.0668. The summed E-state index contributed by atoms with van der Waals surface area (Å²) in [5.74, 6) is 0. The van der Waals surface area contributed by atoms with Crippen LogP contribution in [0.15, 0.2) is 12.1 Å². The molecule has 1 unspecified atom stereocenters. The van der Waals surface area contributed by atoms with Crippen LogP contribution < -0.4 is 5.73 Å². The fourth-order valence-corrected chi connectivity index (χ4v) is 2.26. The van der Waals surface area contributed by atoms with Crippen LogP contribution in [-0.4, -0.2) is 4.98 Å². The SMILES string of the molecule is Cc1cc(C)c2[nH]c(C(C)N)c(C)c2c1. The highest BCUT2D eigenvalue weighted by atomic mass is 14.8. The lowest BCUT2D eigenvalue weighted by molar-refractivity contribution is 0.785. The van der Waals surface area contributed by atoms with Crippen LogP contribution in [0.4, 0.5) is 0 Å². The van der Waals surface area contributed by atoms with Gasteiger partial charge in [0.2, 0.25) is 0 Å². The molecule has 2 aromatic rings. The summed E-state index contributed by atoms with van der Waals surface area (Å²) >= 11 is 0. The minimum atomic E-state index is 0.0668. The monoisotopic (exact) mass is 202 g/mol. The molecule has 1 atom stereocenters. The second-order valence-corrected chi connectivity index (χ2v) is 4.46. The van der Waals surface area contributed by atoms with Gasteiger partial charge in [0.05, 0.1) is 0 Å². The maximum absolute atomic E-state index is 5.94. The zero-order valence-corrected chi connectivity index (χ0v) is 9.81. The fraction of sp³-hybridized carbons (Fsp3) is 0.385. The van der Waals surface area contributed by atoms with Crippen LogP contribution in [0.25, 0.3) is 10.9 Å². The molecule has 0 aliphatic heterocycles. The van der Waals surface area contributed by atoms with Crippen LogP contribution in [0, 0.1) is 20.8 Å². The van der Waals surface area contributed by atoms with E-state index in [0.717, 1.165) is 5.69 Å². The molecule has 1 aromatic heterocycles. The van der Waals surface area contributed by atoms with Gasteiger partial charge in [-0.25, -0.2) is 0 Å². The smallest absolute Gasteiger partial charge is 0.0489 e. The fourth-order valence-electron chi connectivity index (χ4n) is 2.26. The molecule has 3 N–H and O–H groups in total. The lowest BCUT2D eigenvalue weighted by atomic mass is 10.0. The lowest BCUT2D eigenvalue weighted by Crippen LogP contribution is -2.06. The zero-order valence-electron chi connectivity index (χ0n) is 9.81. The first-order valence-corrected chi connectivity index (χ1v) is 5.35. The number of rotatable bonds is 1. The molecular formula is C13H18N2. The number of nitrogens with two attached hydrogens (primary N) is 1. The molecule has 0 aliphatic carbocycles. The molecule has 2 rings (SSSR count). The van der Waals surface area contributed by atoms with Crippen molar-refractivity contribution in [1.82, 2.24) is 4.98 Å². The quantitative estimate of drug-likeness (QED) is 0.733. The van der Waals surface area contributed by atoms with E-state index in [-0.39, 0.29) is 6.04 Å². The molecule has 1 aromatic carbocycles. The first kappa shape index (κ1) is 10.2. The maximum atomic E-state index is 5.94. The van der Waals surface area contributed by atoms with Crippen LogP contribution in [0.3, 0.4) is 0 Å². The molecule has 0 aliphatic rings. The number of hydrogen-bond donors (Lipinski definition) is 2. The van der Waals surface area contributed by atoms with Crippen LogP contribution in [0.1, 0.15) is 35.3 Å². The maximum Gasteiger partial charge on any atom is 0.0489 e. The van der Waals surface area contributed by atoms with Crippen molar-refractivity contribution in [2.45, 2.75) is 33.7 Å². The van der Waals surface area contributed by atoms with E-state index in [2.05, 4.69) is 37.9 Å². The van der Waals surface area contributed by atoms with Gasteiger partial charge < -0.3 is 10.7 Å². The predicted molar refractivity (Wildman–Crippen MR) is 65.1 cm³/mol. The summed E-state index contributed by atoms with van der Waals surface area (Å²) in [6.07, 6.45) is 0. The molecule has 15 heavy (non-hydrogen) atoms. The summed E-state index contributed by atoms with van der Waals surface area (Å²) in [6, 6.07) is 4.49. The number of aromatic nitrogens is 1. The molecule has 0 bridgehead atoms. The van der Waals surface area contributed by atoms with E-state index in [1.807, 2.05) is 6.92 Å². The highest BCUT2D eigenvalue weighted by molar-refractivity contribution is 5.87. The molecule has 0 amide bonds. The number of aryl methyl sites for hydroxylation is 3. The standard InChI is InChI=1S/C13H18N2/c1-7-5-8(2)12-11(6-7)9(3)13(15-12)10(4)14/h5-6,10,15H,14H2,1-4H3. The summed E-state index contributed by atoms with van der Waals surface area (Å²) in [5.41, 5.74) is 12.2. The average molecular weight is 202 g/mol. The number of aromatic amines is 1. The normalized spacial score (nSPS) is 13.4. The Balaban J connectivity index is 2.82. The molecule has 80 valence electrons. The predicted octanol–water partition coefficient (Wildman–Crippen LogP) is 3.11. The van der Waals surface area contributed by atoms with Gasteiger partial charge in [0, 0.05) is 22.6 Å². The van der Waals surface area contributed by atoms with Gasteiger partial charge in [-0.15, -0.1) is 0 Å². The summed E-state index contributed by atoms with van der Waals surface area (Å²) in [5, 5.41) is 1.31. The third kappa shape index (κ3) is 1.55. The number of fused-ring (bicyclic) bond motifs is 1. The van der Waals surface area contributed by atoms with E-state index >= 15 is 0 Å². The number of benzene rings is 1. The third-order valence-electron chi connectivity index (χ3n) is 3.00. The van der Waals surface area contributed by atoms with E-state index in [1.165, 1.54) is 27.6 Å². The minimum Gasteiger partial charge on any atom is -0.357 e. The first-order chi connectivity index (χ1) is 7.00. The molecule has 0 saturated carbocycles. The Labute approximate surface area is 90.5 Å². The van der Waals surface area contributed by atoms with Gasteiger partial charge >= 0.3 is 0 Å². The Morgan fingerprint density at radius 2 is 1.87 bits per heavy atom. The lowest BCUT2D eigenvalue weighted by Gasteiger charge is -2.02. The van der Waals surface area contributed by atoms with Crippen LogP contribution in [-0.2, 0) is 0 Å². The summed E-state index contributed by atoms with van der Waals surface area (Å²) in [4.78, 5) is 3.43. The van der Waals surface area contributed by atoms with Crippen molar-refractivity contribution < 1.29 is 0 Å². The number of H-pyrrole nitrogens is 1. The van der Waals surface area contributed by atoms with Crippen molar-refractivity contribution in [1.29, 1.82) is 0 Å². The first-order valence-electron chi connectivity index (χ1n) is 5.35. The van der Waals surface area contributed by atoms with Crippen molar-refractivity contribution >= 4 is 10.9 Å². The Hall–Kier alpha value is -1.28. The van der Waals surface area contributed by atoms with E-state index in [0.29, 0.717) is 0 Å². The summed E-state index contributed by atoms with van der Waals surface area (Å²) < 4.78 is 0. The van der Waals surface area contributed by atoms with Gasteiger partial charge in [0.1, 0.15) is 0 Å². The molecule has 2 heteroatoms. The molecule has 0 fully saturated rings. The van der Waals surface area contributed by atoms with Crippen LogP contribution >= 0.6 is 0 Å². The third-order valence-corrected chi connectivity index (χ3v) is 3.00. The van der Waals surface area contributed by atoms with Crippen molar-refractivity contribution in [3.63, 3.8) is 0 Å². The Bertz CT molecular complexity index is 507. The molecule has 0 radical (unpaired) electrons.